The second kappa shape index (κ2) is 8.61. The first kappa shape index (κ1) is 19.9. The van der Waals surface area contributed by atoms with Gasteiger partial charge in [0.1, 0.15) is 17.3 Å². The molecule has 0 bridgehead atoms. The third kappa shape index (κ3) is 4.08. The molecule has 30 heavy (non-hydrogen) atoms. The van der Waals surface area contributed by atoms with Crippen LogP contribution in [0.15, 0.2) is 30.6 Å². The summed E-state index contributed by atoms with van der Waals surface area (Å²) in [5.41, 5.74) is 3.68. The maximum atomic E-state index is 11.6. The van der Waals surface area contributed by atoms with Gasteiger partial charge in [0, 0.05) is 38.6 Å². The summed E-state index contributed by atoms with van der Waals surface area (Å²) in [5, 5.41) is 0. The van der Waals surface area contributed by atoms with Crippen LogP contribution in [0.1, 0.15) is 24.1 Å². The fraction of sp³-hybridized carbons (Fsp3) is 0.545. The van der Waals surface area contributed by atoms with Gasteiger partial charge in [0.15, 0.2) is 0 Å². The number of benzene rings is 1. The number of fused-ring (bicyclic) bond motifs is 1. The number of ether oxygens (including phenoxy) is 1. The van der Waals surface area contributed by atoms with Crippen molar-refractivity contribution in [3.8, 4) is 5.75 Å². The van der Waals surface area contributed by atoms with Crippen molar-refractivity contribution in [1.29, 1.82) is 0 Å². The molecule has 7 nitrogen and oxygen atoms in total. The highest BCUT2D eigenvalue weighted by Crippen LogP contribution is 2.31. The van der Waals surface area contributed by atoms with Crippen molar-refractivity contribution >= 4 is 22.8 Å². The third-order valence-electron chi connectivity index (χ3n) is 6.51. The van der Waals surface area contributed by atoms with Crippen LogP contribution < -0.4 is 14.5 Å². The maximum Gasteiger partial charge on any atom is 0.225 e. The zero-order valence-electron chi connectivity index (χ0n) is 17.5. The Morgan fingerprint density at radius 3 is 2.47 bits per heavy atom. The van der Waals surface area contributed by atoms with Crippen molar-refractivity contribution in [2.75, 3.05) is 67.2 Å². The zero-order chi connectivity index (χ0) is 20.5. The van der Waals surface area contributed by atoms with Gasteiger partial charge >= 0.3 is 0 Å². The van der Waals surface area contributed by atoms with Crippen molar-refractivity contribution in [3.05, 3.63) is 41.7 Å². The number of aromatic nitrogens is 2. The van der Waals surface area contributed by atoms with E-state index < -0.39 is 11.2 Å². The van der Waals surface area contributed by atoms with E-state index in [0.29, 0.717) is 6.04 Å². The maximum absolute atomic E-state index is 11.6. The van der Waals surface area contributed by atoms with Gasteiger partial charge in [-0.15, -0.1) is 0 Å². The molecule has 1 atom stereocenters. The van der Waals surface area contributed by atoms with Gasteiger partial charge in [-0.2, -0.15) is 0 Å². The first-order chi connectivity index (χ1) is 14.7. The van der Waals surface area contributed by atoms with Crippen molar-refractivity contribution in [1.82, 2.24) is 14.9 Å². The summed E-state index contributed by atoms with van der Waals surface area (Å²) in [6.07, 6.45) is 4.85. The standard InChI is InChI=1S/C22H29N5O2S/c1-17(19-3-2-18-4-11-29-21(18)14-19)25-5-7-27(8-6-25)22-23-15-20(16-24-22)26-9-12-30(28)13-10-26/h2-3,14-17H,4-13H2,1H3. The van der Waals surface area contributed by atoms with E-state index >= 15 is 0 Å². The molecule has 5 rings (SSSR count). The summed E-state index contributed by atoms with van der Waals surface area (Å²) >= 11 is -0.667. The molecule has 0 radical (unpaired) electrons. The summed E-state index contributed by atoms with van der Waals surface area (Å²) in [6, 6.07) is 7.06. The molecule has 1 aromatic heterocycles. The van der Waals surface area contributed by atoms with Crippen LogP contribution in [0.2, 0.25) is 0 Å². The topological polar surface area (TPSA) is 67.8 Å². The second-order valence-electron chi connectivity index (χ2n) is 8.24. The Morgan fingerprint density at radius 2 is 1.73 bits per heavy atom. The smallest absolute Gasteiger partial charge is 0.225 e. The monoisotopic (exact) mass is 427 g/mol. The lowest BCUT2D eigenvalue weighted by atomic mass is 10.0. The fourth-order valence-corrected chi connectivity index (χ4v) is 5.55. The molecule has 0 aliphatic carbocycles. The van der Waals surface area contributed by atoms with Crippen LogP contribution in [-0.2, 0) is 17.6 Å². The zero-order valence-corrected chi connectivity index (χ0v) is 18.3. The molecule has 0 saturated carbocycles. The lowest BCUT2D eigenvalue weighted by Crippen LogP contribution is -2.47. The van der Waals surface area contributed by atoms with Crippen LogP contribution in [0.5, 0.6) is 5.75 Å². The summed E-state index contributed by atoms with van der Waals surface area (Å²) < 4.78 is 17.3. The Kier molecular flexibility index (Phi) is 5.71. The average Bonchev–Trinajstić information content (AvgIpc) is 3.27. The Hall–Kier alpha value is -2.03. The molecule has 1 unspecified atom stereocenters. The minimum atomic E-state index is -0.667. The highest BCUT2D eigenvalue weighted by Gasteiger charge is 2.25. The summed E-state index contributed by atoms with van der Waals surface area (Å²) in [5.74, 6) is 3.33. The van der Waals surface area contributed by atoms with Crippen molar-refractivity contribution in [2.45, 2.75) is 19.4 Å². The molecule has 8 heteroatoms. The predicted molar refractivity (Wildman–Crippen MR) is 120 cm³/mol. The van der Waals surface area contributed by atoms with Gasteiger partial charge in [0.2, 0.25) is 5.95 Å². The molecular formula is C22H29N5O2S. The van der Waals surface area contributed by atoms with Gasteiger partial charge in [0.05, 0.1) is 37.8 Å². The van der Waals surface area contributed by atoms with E-state index in [1.54, 1.807) is 0 Å². The largest absolute Gasteiger partial charge is 0.616 e. The molecule has 3 aliphatic heterocycles. The minimum absolute atomic E-state index is 0.370. The fourth-order valence-electron chi connectivity index (χ4n) is 4.50. The van der Waals surface area contributed by atoms with E-state index in [4.69, 9.17) is 4.74 Å². The SMILES string of the molecule is CC(c1ccc2c(c1)OCC2)N1CCN(c2ncc(N3CC[S+]([O-])CC3)cn2)CC1. The lowest BCUT2D eigenvalue weighted by molar-refractivity contribution is 0.197. The highest BCUT2D eigenvalue weighted by atomic mass is 32.2. The van der Waals surface area contributed by atoms with Gasteiger partial charge < -0.3 is 19.1 Å². The molecule has 0 spiro atoms. The lowest BCUT2D eigenvalue weighted by Gasteiger charge is -2.38. The summed E-state index contributed by atoms with van der Waals surface area (Å²) in [7, 11) is 0. The van der Waals surface area contributed by atoms with E-state index in [1.807, 2.05) is 12.4 Å². The number of hydrogen-bond acceptors (Lipinski definition) is 7. The number of hydrogen-bond donors (Lipinski definition) is 0. The van der Waals surface area contributed by atoms with Gasteiger partial charge in [0.25, 0.3) is 0 Å². The number of nitrogens with zero attached hydrogens (tertiary/aromatic N) is 5. The Labute approximate surface area is 181 Å². The Bertz CT molecular complexity index is 864. The van der Waals surface area contributed by atoms with Crippen LogP contribution in [-0.4, -0.2) is 76.8 Å². The van der Waals surface area contributed by atoms with E-state index in [2.05, 4.69) is 49.8 Å². The second-order valence-corrected chi connectivity index (χ2v) is 9.94. The van der Waals surface area contributed by atoms with Crippen molar-refractivity contribution < 1.29 is 9.29 Å². The van der Waals surface area contributed by atoms with E-state index in [0.717, 1.165) is 81.2 Å². The molecular weight excluding hydrogens is 398 g/mol. The van der Waals surface area contributed by atoms with Gasteiger partial charge in [-0.05, 0) is 24.1 Å². The molecule has 0 amide bonds. The number of anilines is 2. The van der Waals surface area contributed by atoms with Crippen LogP contribution in [0, 0.1) is 0 Å². The van der Waals surface area contributed by atoms with Gasteiger partial charge in [-0.3, -0.25) is 4.90 Å². The van der Waals surface area contributed by atoms with Crippen molar-refractivity contribution in [3.63, 3.8) is 0 Å². The normalized spacial score (nSPS) is 21.4. The first-order valence-electron chi connectivity index (χ1n) is 10.8. The molecule has 160 valence electrons. The number of piperazine rings is 1. The average molecular weight is 428 g/mol. The van der Waals surface area contributed by atoms with E-state index in [-0.39, 0.29) is 0 Å². The summed E-state index contributed by atoms with van der Waals surface area (Å²) in [4.78, 5) is 16.3. The van der Waals surface area contributed by atoms with Gasteiger partial charge in [-0.1, -0.05) is 23.3 Å². The molecule has 2 saturated heterocycles. The molecule has 2 fully saturated rings. The first-order valence-corrected chi connectivity index (χ1v) is 12.3. The number of rotatable bonds is 4. The van der Waals surface area contributed by atoms with Crippen molar-refractivity contribution in [2.24, 2.45) is 0 Å². The Balaban J connectivity index is 1.17. The molecule has 1 aromatic carbocycles. The highest BCUT2D eigenvalue weighted by molar-refractivity contribution is 7.91. The van der Waals surface area contributed by atoms with E-state index in [1.165, 1.54) is 11.1 Å². The molecule has 2 aromatic rings. The van der Waals surface area contributed by atoms with Crippen LogP contribution >= 0.6 is 0 Å². The van der Waals surface area contributed by atoms with Crippen LogP contribution in [0.4, 0.5) is 11.6 Å². The molecule has 0 N–H and O–H groups in total. The quantitative estimate of drug-likeness (QED) is 0.690. The van der Waals surface area contributed by atoms with Crippen LogP contribution in [0.25, 0.3) is 0 Å². The minimum Gasteiger partial charge on any atom is -0.616 e. The Morgan fingerprint density at radius 1 is 1.00 bits per heavy atom. The van der Waals surface area contributed by atoms with Gasteiger partial charge in [-0.25, -0.2) is 9.97 Å². The summed E-state index contributed by atoms with van der Waals surface area (Å²) in [6.45, 7) is 8.55. The molecule has 3 aliphatic rings. The third-order valence-corrected chi connectivity index (χ3v) is 7.79. The van der Waals surface area contributed by atoms with E-state index in [9.17, 15) is 4.55 Å². The molecule has 4 heterocycles. The predicted octanol–water partition coefficient (Wildman–Crippen LogP) is 1.86. The van der Waals surface area contributed by atoms with Crippen LogP contribution in [0.3, 0.4) is 0 Å².